The number of thiophene rings is 1. The molecule has 0 aliphatic rings. The SMILES string of the molecule is Nc1nc2ccccc2nc1NCc1ccc(Cl)s1. The highest BCUT2D eigenvalue weighted by Crippen LogP contribution is 2.23. The van der Waals surface area contributed by atoms with Gasteiger partial charge in [0.1, 0.15) is 0 Å². The molecule has 3 aromatic rings. The molecule has 0 bridgehead atoms. The molecule has 1 aromatic carbocycles. The first-order chi connectivity index (χ1) is 9.22. The predicted molar refractivity (Wildman–Crippen MR) is 80.6 cm³/mol. The van der Waals surface area contributed by atoms with Crippen molar-refractivity contribution in [1.29, 1.82) is 0 Å². The predicted octanol–water partition coefficient (Wildman–Crippen LogP) is 3.54. The van der Waals surface area contributed by atoms with E-state index in [9.17, 15) is 0 Å². The Morgan fingerprint density at radius 1 is 1.11 bits per heavy atom. The summed E-state index contributed by atoms with van der Waals surface area (Å²) in [6.45, 7) is 0.634. The lowest BCUT2D eigenvalue weighted by molar-refractivity contribution is 1.14. The Balaban J connectivity index is 1.86. The summed E-state index contributed by atoms with van der Waals surface area (Å²) in [5, 5.41) is 3.19. The molecule has 2 heterocycles. The summed E-state index contributed by atoms with van der Waals surface area (Å²) < 4.78 is 0.773. The lowest BCUT2D eigenvalue weighted by atomic mass is 10.3. The van der Waals surface area contributed by atoms with E-state index in [-0.39, 0.29) is 0 Å². The average Bonchev–Trinajstić information content (AvgIpc) is 2.82. The van der Waals surface area contributed by atoms with Crippen LogP contribution in [0.5, 0.6) is 0 Å². The minimum atomic E-state index is 0.404. The molecule has 4 nitrogen and oxygen atoms in total. The number of nitrogens with zero attached hydrogens (tertiary/aromatic N) is 2. The quantitative estimate of drug-likeness (QED) is 0.774. The minimum absolute atomic E-state index is 0.404. The van der Waals surface area contributed by atoms with E-state index in [4.69, 9.17) is 17.3 Å². The third-order valence-electron chi connectivity index (χ3n) is 2.66. The molecule has 19 heavy (non-hydrogen) atoms. The molecule has 0 unspecified atom stereocenters. The van der Waals surface area contributed by atoms with Crippen molar-refractivity contribution in [2.45, 2.75) is 6.54 Å². The third kappa shape index (κ3) is 2.62. The van der Waals surface area contributed by atoms with Crippen molar-refractivity contribution in [3.05, 3.63) is 45.6 Å². The molecule has 0 spiro atoms. The van der Waals surface area contributed by atoms with Crippen LogP contribution < -0.4 is 11.1 Å². The van der Waals surface area contributed by atoms with Gasteiger partial charge in [-0.05, 0) is 24.3 Å². The fourth-order valence-electron chi connectivity index (χ4n) is 1.76. The summed E-state index contributed by atoms with van der Waals surface area (Å²) in [6, 6.07) is 11.5. The smallest absolute Gasteiger partial charge is 0.169 e. The molecule has 0 fully saturated rings. The van der Waals surface area contributed by atoms with Gasteiger partial charge in [0.2, 0.25) is 0 Å². The van der Waals surface area contributed by atoms with Gasteiger partial charge in [-0.3, -0.25) is 0 Å². The van der Waals surface area contributed by atoms with E-state index in [2.05, 4.69) is 15.3 Å². The molecule has 6 heteroatoms. The van der Waals surface area contributed by atoms with Crippen molar-refractivity contribution in [2.24, 2.45) is 0 Å². The summed E-state index contributed by atoms with van der Waals surface area (Å²) in [4.78, 5) is 9.92. The zero-order valence-corrected chi connectivity index (χ0v) is 11.5. The van der Waals surface area contributed by atoms with Crippen molar-refractivity contribution in [2.75, 3.05) is 11.1 Å². The number of benzene rings is 1. The van der Waals surface area contributed by atoms with Gasteiger partial charge in [-0.1, -0.05) is 23.7 Å². The van der Waals surface area contributed by atoms with Crippen LogP contribution in [0, 0.1) is 0 Å². The normalized spacial score (nSPS) is 10.8. The first-order valence-electron chi connectivity index (χ1n) is 5.73. The maximum Gasteiger partial charge on any atom is 0.169 e. The van der Waals surface area contributed by atoms with Crippen molar-refractivity contribution in [1.82, 2.24) is 9.97 Å². The molecule has 3 N–H and O–H groups in total. The highest BCUT2D eigenvalue weighted by molar-refractivity contribution is 7.16. The lowest BCUT2D eigenvalue weighted by Crippen LogP contribution is -2.05. The largest absolute Gasteiger partial charge is 0.381 e. The Morgan fingerprint density at radius 3 is 2.53 bits per heavy atom. The van der Waals surface area contributed by atoms with E-state index in [1.807, 2.05) is 36.4 Å². The fraction of sp³-hybridized carbons (Fsp3) is 0.0769. The van der Waals surface area contributed by atoms with Gasteiger partial charge in [0.15, 0.2) is 11.6 Å². The summed E-state index contributed by atoms with van der Waals surface area (Å²) in [5.41, 5.74) is 7.52. The van der Waals surface area contributed by atoms with E-state index in [1.165, 1.54) is 11.3 Å². The van der Waals surface area contributed by atoms with Crippen molar-refractivity contribution >= 4 is 45.6 Å². The molecular formula is C13H11ClN4S. The second-order valence-electron chi connectivity index (χ2n) is 4.01. The highest BCUT2D eigenvalue weighted by Gasteiger charge is 2.06. The van der Waals surface area contributed by atoms with Gasteiger partial charge in [-0.15, -0.1) is 11.3 Å². The Labute approximate surface area is 119 Å². The average molecular weight is 291 g/mol. The topological polar surface area (TPSA) is 63.8 Å². The van der Waals surface area contributed by atoms with Crippen LogP contribution in [0.3, 0.4) is 0 Å². The van der Waals surface area contributed by atoms with Crippen LogP contribution in [0.2, 0.25) is 4.34 Å². The number of halogens is 1. The number of fused-ring (bicyclic) bond motifs is 1. The van der Waals surface area contributed by atoms with Crippen molar-refractivity contribution < 1.29 is 0 Å². The van der Waals surface area contributed by atoms with Crippen LogP contribution in [0.4, 0.5) is 11.6 Å². The Morgan fingerprint density at radius 2 is 1.84 bits per heavy atom. The standard InChI is InChI=1S/C13H11ClN4S/c14-11-6-5-8(19-11)7-16-13-12(15)17-9-3-1-2-4-10(9)18-13/h1-6H,7H2,(H2,15,17)(H,16,18). The number of hydrogen-bond donors (Lipinski definition) is 2. The number of para-hydroxylation sites is 2. The van der Waals surface area contributed by atoms with Crippen LogP contribution in [0.15, 0.2) is 36.4 Å². The van der Waals surface area contributed by atoms with Gasteiger partial charge in [-0.2, -0.15) is 0 Å². The monoisotopic (exact) mass is 290 g/mol. The Hall–Kier alpha value is -1.85. The molecule has 0 atom stereocenters. The summed E-state index contributed by atoms with van der Waals surface area (Å²) in [7, 11) is 0. The highest BCUT2D eigenvalue weighted by atomic mass is 35.5. The number of aromatic nitrogens is 2. The van der Waals surface area contributed by atoms with E-state index in [0.717, 1.165) is 20.2 Å². The second kappa shape index (κ2) is 5.03. The van der Waals surface area contributed by atoms with Gasteiger partial charge in [-0.25, -0.2) is 9.97 Å². The van der Waals surface area contributed by atoms with Crippen LogP contribution in [0.1, 0.15) is 4.88 Å². The van der Waals surface area contributed by atoms with Crippen LogP contribution in [-0.2, 0) is 6.54 Å². The molecule has 0 aliphatic carbocycles. The molecule has 96 valence electrons. The van der Waals surface area contributed by atoms with Crippen molar-refractivity contribution in [3.63, 3.8) is 0 Å². The second-order valence-corrected chi connectivity index (χ2v) is 5.81. The number of rotatable bonds is 3. The zero-order chi connectivity index (χ0) is 13.2. The van der Waals surface area contributed by atoms with Gasteiger partial charge in [0.05, 0.1) is 21.9 Å². The van der Waals surface area contributed by atoms with E-state index in [1.54, 1.807) is 0 Å². The number of anilines is 2. The lowest BCUT2D eigenvalue weighted by Gasteiger charge is -2.07. The van der Waals surface area contributed by atoms with E-state index < -0.39 is 0 Å². The zero-order valence-electron chi connectivity index (χ0n) is 9.93. The molecule has 0 amide bonds. The number of nitrogen functional groups attached to an aromatic ring is 1. The Kier molecular flexibility index (Phi) is 3.23. The van der Waals surface area contributed by atoms with Crippen LogP contribution >= 0.6 is 22.9 Å². The number of nitrogens with two attached hydrogens (primary N) is 1. The molecule has 2 aromatic heterocycles. The molecule has 0 saturated heterocycles. The van der Waals surface area contributed by atoms with Gasteiger partial charge < -0.3 is 11.1 Å². The molecular weight excluding hydrogens is 280 g/mol. The van der Waals surface area contributed by atoms with Crippen LogP contribution in [0.25, 0.3) is 11.0 Å². The first kappa shape index (κ1) is 12.2. The maximum atomic E-state index is 5.90. The van der Waals surface area contributed by atoms with Crippen LogP contribution in [-0.4, -0.2) is 9.97 Å². The minimum Gasteiger partial charge on any atom is -0.381 e. The van der Waals surface area contributed by atoms with Gasteiger partial charge in [0, 0.05) is 4.88 Å². The third-order valence-corrected chi connectivity index (χ3v) is 3.89. The number of nitrogens with one attached hydrogen (secondary N) is 1. The van der Waals surface area contributed by atoms with E-state index in [0.29, 0.717) is 18.2 Å². The molecule has 3 rings (SSSR count). The maximum absolute atomic E-state index is 5.90. The summed E-state index contributed by atoms with van der Waals surface area (Å²) >= 11 is 7.42. The fourth-order valence-corrected chi connectivity index (χ4v) is 2.79. The van der Waals surface area contributed by atoms with Gasteiger partial charge in [0.25, 0.3) is 0 Å². The number of hydrogen-bond acceptors (Lipinski definition) is 5. The first-order valence-corrected chi connectivity index (χ1v) is 6.92. The Bertz CT molecular complexity index is 725. The molecule has 0 aliphatic heterocycles. The van der Waals surface area contributed by atoms with Crippen molar-refractivity contribution in [3.8, 4) is 0 Å². The summed E-state index contributed by atoms with van der Waals surface area (Å²) in [5.74, 6) is 1.00. The molecule has 0 radical (unpaired) electrons. The van der Waals surface area contributed by atoms with E-state index >= 15 is 0 Å². The molecule has 0 saturated carbocycles. The summed E-state index contributed by atoms with van der Waals surface area (Å²) in [6.07, 6.45) is 0. The van der Waals surface area contributed by atoms with Gasteiger partial charge >= 0.3 is 0 Å².